The molecule has 3 rings (SSSR count). The topological polar surface area (TPSA) is 58.2 Å². The summed E-state index contributed by atoms with van der Waals surface area (Å²) in [6.07, 6.45) is 0. The van der Waals surface area contributed by atoms with E-state index in [9.17, 15) is 8.42 Å². The van der Waals surface area contributed by atoms with E-state index in [1.165, 1.54) is 0 Å². The van der Waals surface area contributed by atoms with E-state index in [0.29, 0.717) is 18.1 Å². The summed E-state index contributed by atoms with van der Waals surface area (Å²) in [7, 11) is -3.62. The molecule has 0 aliphatic heterocycles. The van der Waals surface area contributed by atoms with Crippen LogP contribution in [0.3, 0.4) is 0 Å². The molecule has 0 aliphatic rings. The van der Waals surface area contributed by atoms with Crippen molar-refractivity contribution in [1.29, 1.82) is 0 Å². The van der Waals surface area contributed by atoms with Gasteiger partial charge in [-0.3, -0.25) is 0 Å². The van der Waals surface area contributed by atoms with Gasteiger partial charge >= 0.3 is 0 Å². The smallest absolute Gasteiger partial charge is 0.241 e. The van der Waals surface area contributed by atoms with E-state index < -0.39 is 10.0 Å². The largest absolute Gasteiger partial charge is 0.311 e. The molecule has 1 unspecified atom stereocenters. The summed E-state index contributed by atoms with van der Waals surface area (Å²) in [5, 5.41) is 4.01. The third kappa shape index (κ3) is 5.65. The van der Waals surface area contributed by atoms with Gasteiger partial charge in [-0.25, -0.2) is 13.1 Å². The van der Waals surface area contributed by atoms with Crippen molar-refractivity contribution in [3.05, 3.63) is 101 Å². The van der Waals surface area contributed by atoms with Crippen LogP contribution in [-0.4, -0.2) is 15.0 Å². The summed E-state index contributed by atoms with van der Waals surface area (Å²) in [6.45, 7) is 1.08. The summed E-state index contributed by atoms with van der Waals surface area (Å²) in [5.74, 6) is 0. The lowest BCUT2D eigenvalue weighted by Crippen LogP contribution is -2.35. The Bertz CT molecular complexity index is 946. The monoisotopic (exact) mass is 400 g/mol. The lowest BCUT2D eigenvalue weighted by molar-refractivity contribution is 0.528. The molecule has 1 atom stereocenters. The van der Waals surface area contributed by atoms with Gasteiger partial charge in [-0.2, -0.15) is 0 Å². The van der Waals surface area contributed by atoms with Crippen molar-refractivity contribution in [2.24, 2.45) is 0 Å². The number of benzene rings is 3. The number of hydrogen-bond donors (Lipinski definition) is 2. The Morgan fingerprint density at radius 3 is 2.04 bits per heavy atom. The minimum atomic E-state index is -3.62. The number of rotatable bonds is 8. The number of hydrogen-bond acceptors (Lipinski definition) is 3. The first-order valence-corrected chi connectivity index (χ1v) is 10.5. The van der Waals surface area contributed by atoms with E-state index in [-0.39, 0.29) is 10.9 Å². The van der Waals surface area contributed by atoms with E-state index >= 15 is 0 Å². The SMILES string of the molecule is O=S(=O)(NC(CNCc1ccc(Cl)cc1)c1ccccc1)c1ccccc1. The molecule has 0 aromatic heterocycles. The Balaban J connectivity index is 1.72. The van der Waals surface area contributed by atoms with Crippen LogP contribution in [0.5, 0.6) is 0 Å². The molecular weight excluding hydrogens is 380 g/mol. The van der Waals surface area contributed by atoms with Crippen LogP contribution >= 0.6 is 11.6 Å². The van der Waals surface area contributed by atoms with Gasteiger partial charge in [-0.05, 0) is 35.4 Å². The van der Waals surface area contributed by atoms with E-state index in [4.69, 9.17) is 11.6 Å². The minimum Gasteiger partial charge on any atom is -0.311 e. The summed E-state index contributed by atoms with van der Waals surface area (Å²) >= 11 is 5.91. The molecule has 0 fully saturated rings. The van der Waals surface area contributed by atoms with Crippen molar-refractivity contribution >= 4 is 21.6 Å². The van der Waals surface area contributed by atoms with Crippen molar-refractivity contribution in [3.8, 4) is 0 Å². The Morgan fingerprint density at radius 1 is 0.815 bits per heavy atom. The van der Waals surface area contributed by atoms with E-state index in [2.05, 4.69) is 10.0 Å². The van der Waals surface area contributed by atoms with Gasteiger partial charge < -0.3 is 5.32 Å². The van der Waals surface area contributed by atoms with Gasteiger partial charge in [-0.15, -0.1) is 0 Å². The first-order valence-electron chi connectivity index (χ1n) is 8.62. The molecule has 0 amide bonds. The average Bonchev–Trinajstić information content (AvgIpc) is 2.70. The van der Waals surface area contributed by atoms with Crippen LogP contribution < -0.4 is 10.0 Å². The highest BCUT2D eigenvalue weighted by Crippen LogP contribution is 2.17. The highest BCUT2D eigenvalue weighted by Gasteiger charge is 2.21. The van der Waals surface area contributed by atoms with E-state index in [1.54, 1.807) is 30.3 Å². The maximum absolute atomic E-state index is 12.7. The van der Waals surface area contributed by atoms with Crippen LogP contribution in [-0.2, 0) is 16.6 Å². The number of sulfonamides is 1. The van der Waals surface area contributed by atoms with Gasteiger partial charge in [0.15, 0.2) is 0 Å². The molecule has 3 aromatic carbocycles. The highest BCUT2D eigenvalue weighted by atomic mass is 35.5. The highest BCUT2D eigenvalue weighted by molar-refractivity contribution is 7.89. The fourth-order valence-electron chi connectivity index (χ4n) is 2.73. The molecular formula is C21H21ClN2O2S. The van der Waals surface area contributed by atoms with Gasteiger partial charge in [0.2, 0.25) is 10.0 Å². The second kappa shape index (κ2) is 9.15. The molecule has 6 heteroatoms. The summed E-state index contributed by atoms with van der Waals surface area (Å²) in [4.78, 5) is 0.253. The Labute approximate surface area is 165 Å². The molecule has 0 saturated heterocycles. The second-order valence-corrected chi connectivity index (χ2v) is 8.31. The van der Waals surface area contributed by atoms with E-state index in [0.717, 1.165) is 11.1 Å². The lowest BCUT2D eigenvalue weighted by atomic mass is 10.1. The van der Waals surface area contributed by atoms with Gasteiger partial charge in [0.25, 0.3) is 0 Å². The van der Waals surface area contributed by atoms with Crippen molar-refractivity contribution in [2.45, 2.75) is 17.5 Å². The van der Waals surface area contributed by atoms with Gasteiger partial charge in [-0.1, -0.05) is 72.3 Å². The minimum absolute atomic E-state index is 0.253. The number of nitrogens with one attached hydrogen (secondary N) is 2. The second-order valence-electron chi connectivity index (χ2n) is 6.15. The fourth-order valence-corrected chi connectivity index (χ4v) is 4.10. The van der Waals surface area contributed by atoms with Crippen LogP contribution in [0.15, 0.2) is 89.8 Å². The fraction of sp³-hybridized carbons (Fsp3) is 0.143. The summed E-state index contributed by atoms with van der Waals surface area (Å²) in [6, 6.07) is 25.1. The molecule has 0 aliphatic carbocycles. The third-order valence-electron chi connectivity index (χ3n) is 4.14. The Kier molecular flexibility index (Phi) is 6.63. The normalized spacial score (nSPS) is 12.6. The third-order valence-corrected chi connectivity index (χ3v) is 5.88. The molecule has 27 heavy (non-hydrogen) atoms. The Hall–Kier alpha value is -2.18. The van der Waals surface area contributed by atoms with E-state index in [1.807, 2.05) is 54.6 Å². The molecule has 2 N–H and O–H groups in total. The lowest BCUT2D eigenvalue weighted by Gasteiger charge is -2.20. The summed E-state index contributed by atoms with van der Waals surface area (Å²) < 4.78 is 28.3. The zero-order valence-electron chi connectivity index (χ0n) is 14.7. The van der Waals surface area contributed by atoms with Gasteiger partial charge in [0.1, 0.15) is 0 Å². The maximum Gasteiger partial charge on any atom is 0.241 e. The van der Waals surface area contributed by atoms with Crippen LogP contribution in [0, 0.1) is 0 Å². The predicted octanol–water partition coefficient (Wildman–Crippen LogP) is 4.15. The predicted molar refractivity (Wildman–Crippen MR) is 109 cm³/mol. The standard InChI is InChI=1S/C21H21ClN2O2S/c22-19-13-11-17(12-14-19)15-23-16-21(18-7-3-1-4-8-18)24-27(25,26)20-9-5-2-6-10-20/h1-14,21,23-24H,15-16H2. The zero-order valence-corrected chi connectivity index (χ0v) is 16.2. The molecule has 140 valence electrons. The van der Waals surface area contributed by atoms with Crippen molar-refractivity contribution < 1.29 is 8.42 Å². The van der Waals surface area contributed by atoms with Crippen LogP contribution in [0.2, 0.25) is 5.02 Å². The zero-order chi connectivity index (χ0) is 19.1. The van der Waals surface area contributed by atoms with Crippen molar-refractivity contribution in [1.82, 2.24) is 10.0 Å². The van der Waals surface area contributed by atoms with Gasteiger partial charge in [0, 0.05) is 18.1 Å². The molecule has 0 heterocycles. The van der Waals surface area contributed by atoms with Crippen molar-refractivity contribution in [2.75, 3.05) is 6.54 Å². The first kappa shape index (κ1) is 19.6. The molecule has 0 radical (unpaired) electrons. The van der Waals surface area contributed by atoms with Crippen LogP contribution in [0.1, 0.15) is 17.2 Å². The van der Waals surface area contributed by atoms with Gasteiger partial charge in [0.05, 0.1) is 10.9 Å². The average molecular weight is 401 g/mol. The molecule has 4 nitrogen and oxygen atoms in total. The maximum atomic E-state index is 12.7. The molecule has 3 aromatic rings. The molecule has 0 spiro atoms. The van der Waals surface area contributed by atoms with Crippen LogP contribution in [0.4, 0.5) is 0 Å². The molecule has 0 saturated carbocycles. The summed E-state index contributed by atoms with van der Waals surface area (Å²) in [5.41, 5.74) is 1.98. The number of halogens is 1. The van der Waals surface area contributed by atoms with Crippen LogP contribution in [0.25, 0.3) is 0 Å². The molecule has 0 bridgehead atoms. The quantitative estimate of drug-likeness (QED) is 0.597. The first-order chi connectivity index (χ1) is 13.0. The van der Waals surface area contributed by atoms with Crippen molar-refractivity contribution in [3.63, 3.8) is 0 Å². The Morgan fingerprint density at radius 2 is 1.41 bits per heavy atom.